The molecule has 3 heterocycles. The number of nitrogens with zero attached hydrogens (tertiary/aromatic N) is 3. The van der Waals surface area contributed by atoms with Gasteiger partial charge in [0.2, 0.25) is 0 Å². The van der Waals surface area contributed by atoms with E-state index in [0.29, 0.717) is 31.9 Å². The molecule has 4 rings (SSSR count). The van der Waals surface area contributed by atoms with Crippen molar-refractivity contribution in [2.75, 3.05) is 31.2 Å². The number of imide groups is 1. The lowest BCUT2D eigenvalue weighted by Crippen LogP contribution is -2.49. The molecule has 2 N–H and O–H groups in total. The van der Waals surface area contributed by atoms with E-state index in [1.54, 1.807) is 17.1 Å². The van der Waals surface area contributed by atoms with Crippen LogP contribution in [-0.2, 0) is 16.0 Å². The molecule has 0 bridgehead atoms. The van der Waals surface area contributed by atoms with Gasteiger partial charge >= 0.3 is 11.5 Å². The Morgan fingerprint density at radius 3 is 2.54 bits per heavy atom. The number of halogens is 3. The summed E-state index contributed by atoms with van der Waals surface area (Å²) in [6.45, 7) is 3.54. The average molecular weight is 510 g/mol. The van der Waals surface area contributed by atoms with Gasteiger partial charge < -0.3 is 10.1 Å². The van der Waals surface area contributed by atoms with Gasteiger partial charge in [0.1, 0.15) is 11.2 Å². The third-order valence-electron chi connectivity index (χ3n) is 5.51. The summed E-state index contributed by atoms with van der Waals surface area (Å²) in [5.74, 6) is -1.04. The third kappa shape index (κ3) is 5.74. The van der Waals surface area contributed by atoms with Crippen LogP contribution in [0.1, 0.15) is 23.0 Å². The Balaban J connectivity index is 1.51. The molecule has 1 atom stereocenters. The van der Waals surface area contributed by atoms with Crippen LogP contribution in [0.2, 0.25) is 0 Å². The van der Waals surface area contributed by atoms with Crippen LogP contribution in [0.3, 0.4) is 0 Å². The zero-order valence-electron chi connectivity index (χ0n) is 18.6. The smallest absolute Gasteiger partial charge is 0.379 e. The fourth-order valence-corrected chi connectivity index (χ4v) is 4.41. The molecule has 186 valence electrons. The second-order valence-corrected chi connectivity index (χ2v) is 9.31. The van der Waals surface area contributed by atoms with Crippen molar-refractivity contribution in [1.82, 2.24) is 20.7 Å². The van der Waals surface area contributed by atoms with E-state index in [4.69, 9.17) is 4.74 Å². The number of morpholine rings is 1. The van der Waals surface area contributed by atoms with Gasteiger partial charge in [-0.2, -0.15) is 13.2 Å². The number of anilines is 1. The molecule has 0 saturated carbocycles. The van der Waals surface area contributed by atoms with E-state index < -0.39 is 28.9 Å². The number of pyridine rings is 1. The van der Waals surface area contributed by atoms with Gasteiger partial charge in [-0.05, 0) is 54.6 Å². The Bertz CT molecular complexity index is 1120. The van der Waals surface area contributed by atoms with E-state index >= 15 is 0 Å². The van der Waals surface area contributed by atoms with Crippen LogP contribution in [0.5, 0.6) is 0 Å². The maximum absolute atomic E-state index is 13.3. The summed E-state index contributed by atoms with van der Waals surface area (Å²) >= 11 is -0.287. The molecule has 2 aliphatic heterocycles. The molecule has 1 unspecified atom stereocenters. The number of hydrogen-bond acceptors (Lipinski definition) is 7. The summed E-state index contributed by atoms with van der Waals surface area (Å²) in [6.07, 6.45) is 1.44. The Kier molecular flexibility index (Phi) is 7.01. The summed E-state index contributed by atoms with van der Waals surface area (Å²) in [6, 6.07) is 7.51. The first-order chi connectivity index (χ1) is 16.6. The number of carbonyl (C=O) groups excluding carboxylic acids is 3. The number of rotatable bonds is 6. The zero-order valence-corrected chi connectivity index (χ0v) is 19.4. The van der Waals surface area contributed by atoms with Gasteiger partial charge in [0.15, 0.2) is 0 Å². The monoisotopic (exact) mass is 509 g/mol. The molecule has 35 heavy (non-hydrogen) atoms. The summed E-state index contributed by atoms with van der Waals surface area (Å²) in [4.78, 5) is 43.8. The highest BCUT2D eigenvalue weighted by molar-refractivity contribution is 8.00. The topological polar surface area (TPSA) is 104 Å². The van der Waals surface area contributed by atoms with Gasteiger partial charge in [-0.3, -0.25) is 20.0 Å². The van der Waals surface area contributed by atoms with E-state index in [2.05, 4.69) is 15.7 Å². The molecule has 13 heteroatoms. The summed E-state index contributed by atoms with van der Waals surface area (Å²) in [7, 11) is 0. The van der Waals surface area contributed by atoms with Gasteiger partial charge in [-0.25, -0.2) is 14.7 Å². The number of carbonyl (C=O) groups is 3. The maximum Gasteiger partial charge on any atom is 0.446 e. The summed E-state index contributed by atoms with van der Waals surface area (Å²) < 4.78 is 43.0. The van der Waals surface area contributed by atoms with Crippen molar-refractivity contribution in [1.29, 1.82) is 0 Å². The number of thioether (sulfide) groups is 1. The number of aromatic nitrogens is 1. The molecular weight excluding hydrogens is 487 g/mol. The Morgan fingerprint density at radius 1 is 1.20 bits per heavy atom. The lowest BCUT2D eigenvalue weighted by Gasteiger charge is -2.27. The van der Waals surface area contributed by atoms with Crippen molar-refractivity contribution in [3.8, 4) is 0 Å². The third-order valence-corrected chi connectivity index (χ3v) is 6.25. The molecule has 9 nitrogen and oxygen atoms in total. The van der Waals surface area contributed by atoms with E-state index in [9.17, 15) is 27.6 Å². The molecule has 0 spiro atoms. The second kappa shape index (κ2) is 9.84. The molecule has 1 aromatic heterocycles. The van der Waals surface area contributed by atoms with E-state index in [0.717, 1.165) is 4.90 Å². The normalized spacial score (nSPS) is 21.2. The van der Waals surface area contributed by atoms with Gasteiger partial charge in [-0.1, -0.05) is 6.07 Å². The standard InChI is InChI=1S/C22H22F3N5O4S/c1-21(13-14-3-2-8-26-17(14)18(31)28-29-9-11-34-12-10-29)19(32)30(20(33)27-21)15-4-6-16(7-5-15)35-22(23,24)25/h2-8H,9-13H2,1H3,(H,27,33)(H,28,31). The van der Waals surface area contributed by atoms with Crippen LogP contribution >= 0.6 is 11.8 Å². The molecule has 1 aromatic carbocycles. The maximum atomic E-state index is 13.3. The number of benzene rings is 1. The number of hydrazine groups is 1. The molecule has 2 saturated heterocycles. The first kappa shape index (κ1) is 24.9. The lowest BCUT2D eigenvalue weighted by atomic mass is 9.91. The van der Waals surface area contributed by atoms with Crippen molar-refractivity contribution in [3.05, 3.63) is 53.9 Å². The number of amides is 4. The number of hydrogen-bond donors (Lipinski definition) is 2. The van der Waals surface area contributed by atoms with Gasteiger partial charge in [0.05, 0.1) is 18.9 Å². The summed E-state index contributed by atoms with van der Waals surface area (Å²) in [5.41, 5.74) is -2.36. The highest BCUT2D eigenvalue weighted by atomic mass is 32.2. The Hall–Kier alpha value is -3.16. The number of urea groups is 1. The quantitative estimate of drug-likeness (QED) is 0.456. The Labute approximate surface area is 203 Å². The minimum atomic E-state index is -4.45. The van der Waals surface area contributed by atoms with Crippen LogP contribution in [0.15, 0.2) is 47.5 Å². The largest absolute Gasteiger partial charge is 0.446 e. The summed E-state index contributed by atoms with van der Waals surface area (Å²) in [5, 5.41) is 4.36. The highest BCUT2D eigenvalue weighted by Crippen LogP contribution is 2.38. The van der Waals surface area contributed by atoms with Crippen LogP contribution < -0.4 is 15.6 Å². The lowest BCUT2D eigenvalue weighted by molar-refractivity contribution is -0.121. The minimum absolute atomic E-state index is 0.0181. The molecule has 0 radical (unpaired) electrons. The van der Waals surface area contributed by atoms with Crippen LogP contribution in [0.25, 0.3) is 0 Å². The SMILES string of the molecule is CC1(Cc2cccnc2C(=O)NN2CCOCC2)NC(=O)N(c2ccc(SC(F)(F)F)cc2)C1=O. The predicted octanol–water partition coefficient (Wildman–Crippen LogP) is 2.73. The minimum Gasteiger partial charge on any atom is -0.379 e. The van der Waals surface area contributed by atoms with Crippen molar-refractivity contribution in [3.63, 3.8) is 0 Å². The predicted molar refractivity (Wildman–Crippen MR) is 121 cm³/mol. The number of ether oxygens (including phenoxy) is 1. The van der Waals surface area contributed by atoms with Gasteiger partial charge in [0.25, 0.3) is 11.8 Å². The molecule has 2 aromatic rings. The second-order valence-electron chi connectivity index (χ2n) is 8.17. The van der Waals surface area contributed by atoms with Gasteiger partial charge in [0, 0.05) is 30.6 Å². The average Bonchev–Trinajstić information content (AvgIpc) is 3.02. The van der Waals surface area contributed by atoms with E-state index in [1.165, 1.54) is 37.4 Å². The molecule has 2 fully saturated rings. The molecular formula is C22H22F3N5O4S. The van der Waals surface area contributed by atoms with Crippen molar-refractivity contribution >= 4 is 35.3 Å². The zero-order chi connectivity index (χ0) is 25.2. The first-order valence-corrected chi connectivity index (χ1v) is 11.5. The van der Waals surface area contributed by atoms with Crippen LogP contribution in [-0.4, -0.2) is 65.2 Å². The van der Waals surface area contributed by atoms with Crippen LogP contribution in [0, 0.1) is 0 Å². The fraction of sp³-hybridized carbons (Fsp3) is 0.364. The van der Waals surface area contributed by atoms with Crippen molar-refractivity contribution < 1.29 is 32.3 Å². The first-order valence-electron chi connectivity index (χ1n) is 10.7. The number of alkyl halides is 3. The van der Waals surface area contributed by atoms with Crippen molar-refractivity contribution in [2.24, 2.45) is 0 Å². The molecule has 0 aliphatic carbocycles. The fourth-order valence-electron chi connectivity index (χ4n) is 3.87. The van der Waals surface area contributed by atoms with E-state index in [-0.39, 0.29) is 34.5 Å². The van der Waals surface area contributed by atoms with Crippen molar-refractivity contribution in [2.45, 2.75) is 29.3 Å². The highest BCUT2D eigenvalue weighted by Gasteiger charge is 2.49. The van der Waals surface area contributed by atoms with Crippen LogP contribution in [0.4, 0.5) is 23.7 Å². The van der Waals surface area contributed by atoms with E-state index in [1.807, 2.05) is 0 Å². The molecule has 2 aliphatic rings. The van der Waals surface area contributed by atoms with Gasteiger partial charge in [-0.15, -0.1) is 0 Å². The Morgan fingerprint density at radius 2 is 1.89 bits per heavy atom. The number of nitrogens with one attached hydrogen (secondary N) is 2. The molecule has 4 amide bonds.